The lowest BCUT2D eigenvalue weighted by atomic mass is 10.2. The van der Waals surface area contributed by atoms with E-state index >= 15 is 0 Å². The third kappa shape index (κ3) is 3.86. The molecule has 0 saturated carbocycles. The summed E-state index contributed by atoms with van der Waals surface area (Å²) in [6.45, 7) is 1.66. The van der Waals surface area contributed by atoms with Crippen LogP contribution in [0.2, 0.25) is 0 Å². The molecule has 1 saturated heterocycles. The van der Waals surface area contributed by atoms with Crippen LogP contribution >= 0.6 is 0 Å². The van der Waals surface area contributed by atoms with Crippen LogP contribution in [-0.2, 0) is 16.6 Å². The fourth-order valence-electron chi connectivity index (χ4n) is 2.78. The van der Waals surface area contributed by atoms with Gasteiger partial charge in [0.15, 0.2) is 11.6 Å². The molecule has 0 N–H and O–H groups in total. The monoisotopic (exact) mass is 370 g/mol. The fourth-order valence-corrected chi connectivity index (χ4v) is 4.22. The molecule has 0 atom stereocenters. The van der Waals surface area contributed by atoms with Gasteiger partial charge in [0.1, 0.15) is 5.82 Å². The van der Waals surface area contributed by atoms with Crippen molar-refractivity contribution in [1.29, 1.82) is 0 Å². The van der Waals surface area contributed by atoms with Crippen LogP contribution in [-0.4, -0.2) is 43.8 Å². The Hall–Kier alpha value is -1.90. The first-order valence-corrected chi connectivity index (χ1v) is 9.23. The molecule has 1 heterocycles. The zero-order chi connectivity index (χ0) is 18.0. The molecule has 134 valence electrons. The Morgan fingerprint density at radius 3 is 2.16 bits per heavy atom. The molecule has 3 rings (SSSR count). The van der Waals surface area contributed by atoms with Gasteiger partial charge in [-0.25, -0.2) is 21.6 Å². The van der Waals surface area contributed by atoms with Crippen molar-refractivity contribution in [2.45, 2.75) is 11.4 Å². The van der Waals surface area contributed by atoms with E-state index in [0.717, 1.165) is 12.1 Å². The van der Waals surface area contributed by atoms with Crippen molar-refractivity contribution in [2.24, 2.45) is 0 Å². The molecule has 0 spiro atoms. The highest BCUT2D eigenvalue weighted by Gasteiger charge is 2.29. The number of halogens is 3. The Kier molecular flexibility index (Phi) is 5.12. The number of nitrogens with zero attached hydrogens (tertiary/aromatic N) is 2. The third-order valence-electron chi connectivity index (χ3n) is 4.21. The first-order chi connectivity index (χ1) is 11.9. The van der Waals surface area contributed by atoms with E-state index in [1.807, 2.05) is 4.90 Å². The van der Waals surface area contributed by atoms with E-state index in [-0.39, 0.29) is 23.8 Å². The summed E-state index contributed by atoms with van der Waals surface area (Å²) in [5.74, 6) is -2.58. The van der Waals surface area contributed by atoms with Gasteiger partial charge in [-0.3, -0.25) is 4.90 Å². The number of hydrogen-bond donors (Lipinski definition) is 0. The maximum absolute atomic E-state index is 13.7. The highest BCUT2D eigenvalue weighted by molar-refractivity contribution is 7.89. The Morgan fingerprint density at radius 1 is 0.840 bits per heavy atom. The van der Waals surface area contributed by atoms with Gasteiger partial charge >= 0.3 is 0 Å². The summed E-state index contributed by atoms with van der Waals surface area (Å²) in [6.07, 6.45) is 0. The lowest BCUT2D eigenvalue weighted by Crippen LogP contribution is -2.48. The SMILES string of the molecule is O=S(=O)(c1ccc(F)c(F)c1)N1CCN(Cc2ccccc2F)CC1. The van der Waals surface area contributed by atoms with E-state index in [9.17, 15) is 21.6 Å². The summed E-state index contributed by atoms with van der Waals surface area (Å²) in [5, 5.41) is 0. The van der Waals surface area contributed by atoms with Crippen LogP contribution in [0.5, 0.6) is 0 Å². The van der Waals surface area contributed by atoms with Gasteiger partial charge in [-0.1, -0.05) is 18.2 Å². The molecule has 0 amide bonds. The molecule has 1 fully saturated rings. The Labute approximate surface area is 144 Å². The Bertz CT molecular complexity index is 866. The highest BCUT2D eigenvalue weighted by Crippen LogP contribution is 2.20. The first-order valence-electron chi connectivity index (χ1n) is 7.79. The van der Waals surface area contributed by atoms with Crippen LogP contribution in [0.15, 0.2) is 47.4 Å². The van der Waals surface area contributed by atoms with Crippen molar-refractivity contribution in [3.63, 3.8) is 0 Å². The number of benzene rings is 2. The number of piperazine rings is 1. The molecule has 0 radical (unpaired) electrons. The molecule has 0 unspecified atom stereocenters. The van der Waals surface area contributed by atoms with E-state index in [1.54, 1.807) is 18.2 Å². The molecule has 0 bridgehead atoms. The van der Waals surface area contributed by atoms with Gasteiger partial charge in [-0.2, -0.15) is 4.31 Å². The second-order valence-corrected chi connectivity index (χ2v) is 7.79. The van der Waals surface area contributed by atoms with Crippen molar-refractivity contribution in [1.82, 2.24) is 9.21 Å². The summed E-state index contributed by atoms with van der Waals surface area (Å²) < 4.78 is 66.3. The second kappa shape index (κ2) is 7.15. The van der Waals surface area contributed by atoms with Gasteiger partial charge in [0.25, 0.3) is 0 Å². The lowest BCUT2D eigenvalue weighted by Gasteiger charge is -2.34. The average Bonchev–Trinajstić information content (AvgIpc) is 2.60. The molecule has 4 nitrogen and oxygen atoms in total. The maximum atomic E-state index is 13.7. The van der Waals surface area contributed by atoms with Crippen molar-refractivity contribution in [3.05, 3.63) is 65.5 Å². The van der Waals surface area contributed by atoms with Crippen LogP contribution in [0.25, 0.3) is 0 Å². The van der Waals surface area contributed by atoms with Crippen molar-refractivity contribution in [3.8, 4) is 0 Å². The molecular formula is C17H17F3N2O2S. The van der Waals surface area contributed by atoms with Gasteiger partial charge in [-0.05, 0) is 24.3 Å². The van der Waals surface area contributed by atoms with Crippen LogP contribution in [0.3, 0.4) is 0 Å². The molecule has 1 aliphatic heterocycles. The van der Waals surface area contributed by atoms with Gasteiger partial charge in [-0.15, -0.1) is 0 Å². The van der Waals surface area contributed by atoms with Crippen LogP contribution in [0, 0.1) is 17.5 Å². The number of hydrogen-bond acceptors (Lipinski definition) is 3. The predicted molar refractivity (Wildman–Crippen MR) is 86.8 cm³/mol. The zero-order valence-electron chi connectivity index (χ0n) is 13.3. The molecule has 25 heavy (non-hydrogen) atoms. The zero-order valence-corrected chi connectivity index (χ0v) is 14.1. The summed E-state index contributed by atoms with van der Waals surface area (Å²) >= 11 is 0. The van der Waals surface area contributed by atoms with E-state index in [2.05, 4.69) is 0 Å². The van der Waals surface area contributed by atoms with Gasteiger partial charge < -0.3 is 0 Å². The minimum Gasteiger partial charge on any atom is -0.296 e. The van der Waals surface area contributed by atoms with Crippen LogP contribution in [0.4, 0.5) is 13.2 Å². The van der Waals surface area contributed by atoms with Crippen molar-refractivity contribution < 1.29 is 21.6 Å². The highest BCUT2D eigenvalue weighted by atomic mass is 32.2. The van der Waals surface area contributed by atoms with Crippen molar-refractivity contribution >= 4 is 10.0 Å². The summed E-state index contributed by atoms with van der Waals surface area (Å²) in [5.41, 5.74) is 0.555. The van der Waals surface area contributed by atoms with Gasteiger partial charge in [0.2, 0.25) is 10.0 Å². The minimum absolute atomic E-state index is 0.204. The Balaban J connectivity index is 1.67. The largest absolute Gasteiger partial charge is 0.296 e. The van der Waals surface area contributed by atoms with E-state index in [4.69, 9.17) is 0 Å². The third-order valence-corrected chi connectivity index (χ3v) is 6.11. The molecule has 8 heteroatoms. The van der Waals surface area contributed by atoms with E-state index < -0.39 is 21.7 Å². The number of rotatable bonds is 4. The summed E-state index contributed by atoms with van der Waals surface area (Å²) in [7, 11) is -3.88. The topological polar surface area (TPSA) is 40.6 Å². The molecule has 2 aromatic rings. The van der Waals surface area contributed by atoms with E-state index in [1.165, 1.54) is 10.4 Å². The van der Waals surface area contributed by atoms with E-state index in [0.29, 0.717) is 31.3 Å². The molecule has 0 aromatic heterocycles. The van der Waals surface area contributed by atoms with Gasteiger partial charge in [0.05, 0.1) is 4.90 Å². The smallest absolute Gasteiger partial charge is 0.243 e. The molecule has 2 aromatic carbocycles. The maximum Gasteiger partial charge on any atom is 0.243 e. The molecule has 1 aliphatic rings. The average molecular weight is 370 g/mol. The van der Waals surface area contributed by atoms with Crippen LogP contribution in [0.1, 0.15) is 5.56 Å². The number of sulfonamides is 1. The Morgan fingerprint density at radius 2 is 1.52 bits per heavy atom. The second-order valence-electron chi connectivity index (χ2n) is 5.85. The minimum atomic E-state index is -3.88. The van der Waals surface area contributed by atoms with Crippen molar-refractivity contribution in [2.75, 3.05) is 26.2 Å². The lowest BCUT2D eigenvalue weighted by molar-refractivity contribution is 0.180. The van der Waals surface area contributed by atoms with Gasteiger partial charge in [0, 0.05) is 38.3 Å². The summed E-state index contributed by atoms with van der Waals surface area (Å²) in [4.78, 5) is 1.68. The summed E-state index contributed by atoms with van der Waals surface area (Å²) in [6, 6.07) is 9.00. The predicted octanol–water partition coefficient (Wildman–Crippen LogP) is 2.61. The fraction of sp³-hybridized carbons (Fsp3) is 0.294. The normalized spacial score (nSPS) is 16.9. The molecule has 0 aliphatic carbocycles. The quantitative estimate of drug-likeness (QED) is 0.831. The molecular weight excluding hydrogens is 353 g/mol. The standard InChI is InChI=1S/C17H17F3N2O2S/c18-15-4-2-1-3-13(15)12-21-7-9-22(10-8-21)25(23,24)14-5-6-16(19)17(20)11-14/h1-6,11H,7-10,12H2. The first kappa shape index (κ1) is 17.9. The van der Waals surface area contributed by atoms with Crippen LogP contribution < -0.4 is 0 Å².